The van der Waals surface area contributed by atoms with E-state index in [0.29, 0.717) is 13.0 Å². The molecule has 0 aliphatic carbocycles. The Labute approximate surface area is 63.4 Å². The Hall–Kier alpha value is -0.570. The van der Waals surface area contributed by atoms with E-state index in [-0.39, 0.29) is 0 Å². The number of nitrogens with zero attached hydrogens (tertiary/aromatic N) is 1. The van der Waals surface area contributed by atoms with Crippen molar-refractivity contribution in [3.63, 3.8) is 0 Å². The zero-order valence-electron chi connectivity index (χ0n) is 7.22. The van der Waals surface area contributed by atoms with E-state index < -0.39 is 0 Å². The first-order valence-electron chi connectivity index (χ1n) is 3.21. The molecule has 61 valence electrons. The lowest BCUT2D eigenvalue weighted by molar-refractivity contribution is -0.109. The van der Waals surface area contributed by atoms with E-state index >= 15 is 0 Å². The van der Waals surface area contributed by atoms with Crippen LogP contribution in [-0.2, 0) is 4.79 Å². The van der Waals surface area contributed by atoms with E-state index in [1.54, 1.807) is 0 Å². The molecule has 0 saturated carbocycles. The fourth-order valence-corrected chi connectivity index (χ4v) is 0.166. The number of carbonyl (C=O) groups is 1. The molecule has 0 spiro atoms. The molecule has 10 heavy (non-hydrogen) atoms. The Morgan fingerprint density at radius 2 is 1.80 bits per heavy atom. The van der Waals surface area contributed by atoms with Crippen molar-refractivity contribution in [3.05, 3.63) is 6.42 Å². The zero-order valence-corrected chi connectivity index (χ0v) is 7.22. The van der Waals surface area contributed by atoms with E-state index in [9.17, 15) is 4.79 Å². The number of rotatable bonds is 3. The van der Waals surface area contributed by atoms with E-state index in [0.717, 1.165) is 0 Å². The van der Waals surface area contributed by atoms with Gasteiger partial charge in [0.1, 0.15) is 0 Å². The summed E-state index contributed by atoms with van der Waals surface area (Å²) in [6, 6.07) is 0. The summed E-state index contributed by atoms with van der Waals surface area (Å²) in [5.41, 5.74) is 0. The van der Waals surface area contributed by atoms with Crippen molar-refractivity contribution in [3.8, 4) is 0 Å². The molecule has 0 bridgehead atoms. The third kappa shape index (κ3) is 52.0. The first-order chi connectivity index (χ1) is 4.65. The Balaban J connectivity index is 0. The highest BCUT2D eigenvalue weighted by atomic mass is 16.1. The second kappa shape index (κ2) is 11.3. The minimum atomic E-state index is 0.670. The molecule has 0 aliphatic rings. The van der Waals surface area contributed by atoms with Crippen molar-refractivity contribution in [1.82, 2.24) is 10.2 Å². The Morgan fingerprint density at radius 1 is 1.40 bits per heavy atom. The van der Waals surface area contributed by atoms with E-state index in [1.807, 2.05) is 39.4 Å². The highest BCUT2D eigenvalue weighted by molar-refractivity contribution is 5.45. The van der Waals surface area contributed by atoms with Gasteiger partial charge in [-0.2, -0.15) is 0 Å². The van der Waals surface area contributed by atoms with Gasteiger partial charge in [-0.05, 0) is 27.6 Å². The molecule has 1 amide bonds. The van der Waals surface area contributed by atoms with Gasteiger partial charge in [0, 0.05) is 6.54 Å². The van der Waals surface area contributed by atoms with Gasteiger partial charge >= 0.3 is 0 Å². The maximum absolute atomic E-state index is 9.43. The molecular weight excluding hydrogens is 128 g/mol. The van der Waals surface area contributed by atoms with Gasteiger partial charge in [0.05, 0.1) is 0 Å². The van der Waals surface area contributed by atoms with Crippen molar-refractivity contribution in [2.75, 3.05) is 27.7 Å². The number of carbonyl (C=O) groups excluding carboxylic acids is 1. The first-order valence-corrected chi connectivity index (χ1v) is 3.21. The Kier molecular flexibility index (Phi) is 13.7. The van der Waals surface area contributed by atoms with E-state index in [1.165, 1.54) is 0 Å². The predicted octanol–water partition coefficient (Wildman–Crippen LogP) is 0.134. The van der Waals surface area contributed by atoms with Crippen LogP contribution in [0.1, 0.15) is 6.92 Å². The third-order valence-electron chi connectivity index (χ3n) is 0.405. The van der Waals surface area contributed by atoms with Crippen molar-refractivity contribution in [2.24, 2.45) is 0 Å². The van der Waals surface area contributed by atoms with E-state index in [2.05, 4.69) is 5.32 Å². The van der Waals surface area contributed by atoms with Crippen LogP contribution in [-0.4, -0.2) is 39.0 Å². The van der Waals surface area contributed by atoms with Gasteiger partial charge in [-0.15, -0.1) is 0 Å². The lowest BCUT2D eigenvalue weighted by atomic mass is 10.5. The largest absolute Gasteiger partial charge is 0.358 e. The Morgan fingerprint density at radius 3 is 1.90 bits per heavy atom. The maximum atomic E-state index is 9.43. The predicted molar refractivity (Wildman–Crippen MR) is 43.7 cm³/mol. The topological polar surface area (TPSA) is 32.3 Å². The summed E-state index contributed by atoms with van der Waals surface area (Å²) in [6.07, 6.45) is 2.55. The molecule has 0 atom stereocenters. The standard InChI is InChI=1S/C4H8NO.C3H9N/c1-2-3-5-4-6;1-4(2)3/h2,4H,3H2,1H3,(H,5,6);1-3H3. The van der Waals surface area contributed by atoms with Crippen LogP contribution in [0.3, 0.4) is 0 Å². The quantitative estimate of drug-likeness (QED) is 0.452. The molecule has 0 aromatic carbocycles. The lowest BCUT2D eigenvalue weighted by Crippen LogP contribution is -2.10. The van der Waals surface area contributed by atoms with Crippen molar-refractivity contribution < 1.29 is 4.79 Å². The van der Waals surface area contributed by atoms with Crippen LogP contribution in [0, 0.1) is 6.42 Å². The van der Waals surface area contributed by atoms with Crippen molar-refractivity contribution >= 4 is 6.41 Å². The molecule has 0 saturated heterocycles. The van der Waals surface area contributed by atoms with Gasteiger partial charge in [0.15, 0.2) is 0 Å². The van der Waals surface area contributed by atoms with Crippen LogP contribution < -0.4 is 5.32 Å². The van der Waals surface area contributed by atoms with Crippen LogP contribution >= 0.6 is 0 Å². The van der Waals surface area contributed by atoms with Crippen LogP contribution in [0.4, 0.5) is 0 Å². The minimum absolute atomic E-state index is 0.670. The molecule has 3 nitrogen and oxygen atoms in total. The smallest absolute Gasteiger partial charge is 0.207 e. The normalized spacial score (nSPS) is 8.10. The average molecular weight is 145 g/mol. The lowest BCUT2D eigenvalue weighted by Gasteiger charge is -1.90. The average Bonchev–Trinajstić information content (AvgIpc) is 1.82. The van der Waals surface area contributed by atoms with Gasteiger partial charge in [-0.1, -0.05) is 6.92 Å². The summed E-state index contributed by atoms with van der Waals surface area (Å²) in [7, 11) is 6.00. The van der Waals surface area contributed by atoms with Gasteiger partial charge in [-0.25, -0.2) is 0 Å². The van der Waals surface area contributed by atoms with Gasteiger partial charge < -0.3 is 10.2 Å². The summed E-state index contributed by atoms with van der Waals surface area (Å²) < 4.78 is 0. The molecule has 0 aliphatic heterocycles. The van der Waals surface area contributed by atoms with E-state index in [4.69, 9.17) is 0 Å². The van der Waals surface area contributed by atoms with Crippen LogP contribution in [0.15, 0.2) is 0 Å². The molecule has 0 aromatic rings. The van der Waals surface area contributed by atoms with Crippen LogP contribution in [0.2, 0.25) is 0 Å². The van der Waals surface area contributed by atoms with Crippen LogP contribution in [0.5, 0.6) is 0 Å². The molecule has 3 heteroatoms. The van der Waals surface area contributed by atoms with Gasteiger partial charge in [0.2, 0.25) is 6.41 Å². The monoisotopic (exact) mass is 145 g/mol. The summed E-state index contributed by atoms with van der Waals surface area (Å²) in [5, 5.41) is 2.46. The fourth-order valence-electron chi connectivity index (χ4n) is 0.166. The number of hydrogen-bond donors (Lipinski definition) is 1. The number of amides is 1. The zero-order chi connectivity index (χ0) is 8.41. The molecule has 0 fully saturated rings. The van der Waals surface area contributed by atoms with Crippen LogP contribution in [0.25, 0.3) is 0 Å². The summed E-state index contributed by atoms with van der Waals surface area (Å²) in [4.78, 5) is 11.4. The van der Waals surface area contributed by atoms with Crippen molar-refractivity contribution in [2.45, 2.75) is 6.92 Å². The molecule has 0 rings (SSSR count). The second-order valence-electron chi connectivity index (χ2n) is 2.28. The molecule has 0 heterocycles. The SMILES string of the molecule is CN(C)C.C[CH]CNC=O. The number of hydrogen-bond acceptors (Lipinski definition) is 2. The minimum Gasteiger partial charge on any atom is -0.358 e. The van der Waals surface area contributed by atoms with Gasteiger partial charge in [0.25, 0.3) is 0 Å². The Bertz CT molecular complexity index is 61.9. The summed E-state index contributed by atoms with van der Waals surface area (Å²) in [5.74, 6) is 0. The maximum Gasteiger partial charge on any atom is 0.207 e. The highest BCUT2D eigenvalue weighted by Gasteiger charge is 1.70. The molecule has 0 unspecified atom stereocenters. The summed E-state index contributed by atoms with van der Waals surface area (Å²) in [6.45, 7) is 2.56. The highest BCUT2D eigenvalue weighted by Crippen LogP contribution is 1.60. The van der Waals surface area contributed by atoms with Gasteiger partial charge in [-0.3, -0.25) is 4.79 Å². The fraction of sp³-hybridized carbons (Fsp3) is 0.714. The van der Waals surface area contributed by atoms with Crippen molar-refractivity contribution in [1.29, 1.82) is 0 Å². The molecule has 1 radical (unpaired) electrons. The second-order valence-corrected chi connectivity index (χ2v) is 2.28. The molecule has 1 N–H and O–H groups in total. The molecule has 0 aromatic heterocycles. The number of nitrogens with one attached hydrogen (secondary N) is 1. The third-order valence-corrected chi connectivity index (χ3v) is 0.405. The molecular formula is C7H17N2O. The first kappa shape index (κ1) is 12.1. The summed E-state index contributed by atoms with van der Waals surface area (Å²) >= 11 is 0.